The number of anilines is 1. The van der Waals surface area contributed by atoms with Gasteiger partial charge in [-0.15, -0.1) is 0 Å². The number of aryl methyl sites for hydroxylation is 1. The Bertz CT molecular complexity index is 1040. The number of pyridine rings is 1. The quantitative estimate of drug-likeness (QED) is 0.774. The van der Waals surface area contributed by atoms with Crippen LogP contribution in [0.4, 0.5) is 10.1 Å². The van der Waals surface area contributed by atoms with Gasteiger partial charge < -0.3 is 4.98 Å². The van der Waals surface area contributed by atoms with Gasteiger partial charge in [0.2, 0.25) is 0 Å². The van der Waals surface area contributed by atoms with Crippen molar-refractivity contribution in [3.8, 4) is 0 Å². The minimum Gasteiger partial charge on any atom is -0.326 e. The van der Waals surface area contributed by atoms with Crippen molar-refractivity contribution in [3.05, 3.63) is 70.4 Å². The van der Waals surface area contributed by atoms with Crippen LogP contribution in [0.3, 0.4) is 0 Å². The SMILES string of the molecule is Cc1ccc(S(=O)(=O)Nc2ccc3c(F)c[nH]c(=O)c3c2)cc1. The fraction of sp³-hybridized carbons (Fsp3) is 0.0625. The molecular formula is C16H13FN2O3S. The van der Waals surface area contributed by atoms with Gasteiger partial charge in [0.25, 0.3) is 15.6 Å². The molecule has 0 radical (unpaired) electrons. The zero-order valence-electron chi connectivity index (χ0n) is 12.1. The highest BCUT2D eigenvalue weighted by Gasteiger charge is 2.15. The van der Waals surface area contributed by atoms with Crippen molar-refractivity contribution < 1.29 is 12.8 Å². The molecule has 7 heteroatoms. The molecule has 0 aliphatic heterocycles. The monoisotopic (exact) mass is 332 g/mol. The lowest BCUT2D eigenvalue weighted by molar-refractivity contribution is 0.601. The summed E-state index contributed by atoms with van der Waals surface area (Å²) in [7, 11) is -3.78. The van der Waals surface area contributed by atoms with Crippen molar-refractivity contribution in [1.29, 1.82) is 0 Å². The molecule has 3 aromatic rings. The van der Waals surface area contributed by atoms with E-state index >= 15 is 0 Å². The Kier molecular flexibility index (Phi) is 3.65. The molecule has 0 saturated heterocycles. The minimum absolute atomic E-state index is 0.0779. The predicted octanol–water partition coefficient (Wildman–Crippen LogP) is 2.78. The van der Waals surface area contributed by atoms with Gasteiger partial charge in [0.15, 0.2) is 0 Å². The Hall–Kier alpha value is -2.67. The molecule has 0 aliphatic rings. The summed E-state index contributed by atoms with van der Waals surface area (Å²) in [5.74, 6) is -0.576. The topological polar surface area (TPSA) is 79.0 Å². The molecule has 23 heavy (non-hydrogen) atoms. The van der Waals surface area contributed by atoms with Gasteiger partial charge >= 0.3 is 0 Å². The normalized spacial score (nSPS) is 11.6. The molecule has 0 aliphatic carbocycles. The van der Waals surface area contributed by atoms with Gasteiger partial charge in [-0.3, -0.25) is 9.52 Å². The number of hydrogen-bond donors (Lipinski definition) is 2. The second-order valence-corrected chi connectivity index (χ2v) is 6.83. The number of benzene rings is 2. The van der Waals surface area contributed by atoms with Gasteiger partial charge in [0.05, 0.1) is 10.3 Å². The second-order valence-electron chi connectivity index (χ2n) is 5.14. The van der Waals surface area contributed by atoms with Crippen molar-refractivity contribution in [1.82, 2.24) is 4.98 Å². The maximum Gasteiger partial charge on any atom is 0.261 e. The summed E-state index contributed by atoms with van der Waals surface area (Å²) in [6.45, 7) is 1.86. The summed E-state index contributed by atoms with van der Waals surface area (Å²) in [5.41, 5.74) is 0.642. The largest absolute Gasteiger partial charge is 0.326 e. The maximum atomic E-state index is 13.6. The van der Waals surface area contributed by atoms with Crippen molar-refractivity contribution in [2.45, 2.75) is 11.8 Å². The van der Waals surface area contributed by atoms with E-state index in [1.807, 2.05) is 6.92 Å². The van der Waals surface area contributed by atoms with E-state index in [1.54, 1.807) is 12.1 Å². The Labute approximate surface area is 131 Å². The molecule has 0 atom stereocenters. The highest BCUT2D eigenvalue weighted by atomic mass is 32.2. The lowest BCUT2D eigenvalue weighted by atomic mass is 10.1. The first kappa shape index (κ1) is 15.2. The highest BCUT2D eigenvalue weighted by Crippen LogP contribution is 2.21. The zero-order valence-corrected chi connectivity index (χ0v) is 12.9. The van der Waals surface area contributed by atoms with E-state index in [1.165, 1.54) is 30.3 Å². The average Bonchev–Trinajstić information content (AvgIpc) is 2.51. The smallest absolute Gasteiger partial charge is 0.261 e. The lowest BCUT2D eigenvalue weighted by Crippen LogP contribution is -2.13. The van der Waals surface area contributed by atoms with E-state index in [2.05, 4.69) is 9.71 Å². The van der Waals surface area contributed by atoms with Gasteiger partial charge in [-0.2, -0.15) is 0 Å². The van der Waals surface area contributed by atoms with Crippen molar-refractivity contribution in [2.75, 3.05) is 4.72 Å². The van der Waals surface area contributed by atoms with Crippen LogP contribution in [0.25, 0.3) is 10.8 Å². The lowest BCUT2D eigenvalue weighted by Gasteiger charge is -2.09. The van der Waals surface area contributed by atoms with E-state index in [0.29, 0.717) is 0 Å². The Morgan fingerprint density at radius 3 is 2.43 bits per heavy atom. The van der Waals surface area contributed by atoms with Crippen LogP contribution >= 0.6 is 0 Å². The summed E-state index contributed by atoms with van der Waals surface area (Å²) < 4.78 is 40.7. The van der Waals surface area contributed by atoms with Crippen LogP contribution in [-0.4, -0.2) is 13.4 Å². The fourth-order valence-electron chi connectivity index (χ4n) is 2.22. The third kappa shape index (κ3) is 2.95. The van der Waals surface area contributed by atoms with Crippen LogP contribution in [0, 0.1) is 12.7 Å². The predicted molar refractivity (Wildman–Crippen MR) is 86.5 cm³/mol. The molecule has 1 heterocycles. The molecule has 2 aromatic carbocycles. The number of sulfonamides is 1. The van der Waals surface area contributed by atoms with Gasteiger partial charge in [-0.1, -0.05) is 17.7 Å². The standard InChI is InChI=1S/C16H13FN2O3S/c1-10-2-5-12(6-3-10)23(21,22)19-11-4-7-13-14(8-11)16(20)18-9-15(13)17/h2-9,19H,1H3,(H,18,20). The van der Waals surface area contributed by atoms with Crippen LogP contribution in [-0.2, 0) is 10.0 Å². The first-order valence-corrected chi connectivity index (χ1v) is 8.25. The highest BCUT2D eigenvalue weighted by molar-refractivity contribution is 7.92. The third-order valence-electron chi connectivity index (χ3n) is 3.43. The van der Waals surface area contributed by atoms with Crippen molar-refractivity contribution >= 4 is 26.5 Å². The van der Waals surface area contributed by atoms with Crippen LogP contribution in [0.2, 0.25) is 0 Å². The Morgan fingerprint density at radius 2 is 1.74 bits per heavy atom. The molecule has 5 nitrogen and oxygen atoms in total. The number of fused-ring (bicyclic) bond motifs is 1. The van der Waals surface area contributed by atoms with E-state index in [-0.39, 0.29) is 21.4 Å². The molecule has 0 amide bonds. The fourth-order valence-corrected chi connectivity index (χ4v) is 3.27. The number of halogens is 1. The van der Waals surface area contributed by atoms with E-state index in [4.69, 9.17) is 0 Å². The molecular weight excluding hydrogens is 319 g/mol. The summed E-state index contributed by atoms with van der Waals surface area (Å²) in [5, 5.41) is 0.209. The van der Waals surface area contributed by atoms with Crippen LogP contribution in [0.1, 0.15) is 5.56 Å². The average molecular weight is 332 g/mol. The van der Waals surface area contributed by atoms with Crippen LogP contribution in [0.5, 0.6) is 0 Å². The molecule has 1 aromatic heterocycles. The number of hydrogen-bond acceptors (Lipinski definition) is 3. The first-order valence-electron chi connectivity index (χ1n) is 6.77. The maximum absolute atomic E-state index is 13.6. The number of aromatic amines is 1. The van der Waals surface area contributed by atoms with Crippen LogP contribution in [0.15, 0.2) is 58.4 Å². The van der Waals surface area contributed by atoms with E-state index in [0.717, 1.165) is 11.8 Å². The Balaban J connectivity index is 2.03. The molecule has 0 fully saturated rings. The number of H-pyrrole nitrogens is 1. The number of nitrogens with one attached hydrogen (secondary N) is 2. The second kappa shape index (κ2) is 5.51. The van der Waals surface area contributed by atoms with Gasteiger partial charge in [0.1, 0.15) is 5.82 Å². The molecule has 0 bridgehead atoms. The van der Waals surface area contributed by atoms with Gasteiger partial charge in [0, 0.05) is 17.3 Å². The molecule has 0 unspecified atom stereocenters. The van der Waals surface area contributed by atoms with Crippen LogP contribution < -0.4 is 10.3 Å². The molecule has 118 valence electrons. The van der Waals surface area contributed by atoms with Gasteiger partial charge in [-0.25, -0.2) is 12.8 Å². The van der Waals surface area contributed by atoms with Crippen molar-refractivity contribution in [3.63, 3.8) is 0 Å². The summed E-state index contributed by atoms with van der Waals surface area (Å²) >= 11 is 0. The summed E-state index contributed by atoms with van der Waals surface area (Å²) in [6.07, 6.45) is 0.973. The molecule has 0 saturated carbocycles. The number of aromatic nitrogens is 1. The van der Waals surface area contributed by atoms with E-state index in [9.17, 15) is 17.6 Å². The molecule has 0 spiro atoms. The number of rotatable bonds is 3. The zero-order chi connectivity index (χ0) is 16.6. The third-order valence-corrected chi connectivity index (χ3v) is 4.83. The van der Waals surface area contributed by atoms with Gasteiger partial charge in [-0.05, 0) is 37.3 Å². The Morgan fingerprint density at radius 1 is 1.04 bits per heavy atom. The van der Waals surface area contributed by atoms with E-state index < -0.39 is 21.4 Å². The summed E-state index contributed by atoms with van der Waals surface area (Å²) in [4.78, 5) is 14.1. The summed E-state index contributed by atoms with van der Waals surface area (Å²) in [6, 6.07) is 10.5. The first-order chi connectivity index (χ1) is 10.9. The molecule has 3 rings (SSSR count). The minimum atomic E-state index is -3.78. The molecule has 2 N–H and O–H groups in total. The van der Waals surface area contributed by atoms with Crippen molar-refractivity contribution in [2.24, 2.45) is 0 Å².